The molecule has 0 aliphatic heterocycles. The number of hydrogen-bond acceptors (Lipinski definition) is 2. The van der Waals surface area contributed by atoms with E-state index in [2.05, 4.69) is 15.9 Å². The molecule has 3 aliphatic carbocycles. The van der Waals surface area contributed by atoms with E-state index in [1.807, 2.05) is 0 Å². The first kappa shape index (κ1) is 7.80. The molecular formula is C8H11BrO2S. The Kier molecular flexibility index (Phi) is 1.25. The summed E-state index contributed by atoms with van der Waals surface area (Å²) in [6.45, 7) is 0. The molecule has 3 rings (SSSR count). The molecule has 0 heterocycles. The van der Waals surface area contributed by atoms with Gasteiger partial charge in [0.25, 0.3) is 0 Å². The Morgan fingerprint density at radius 2 is 1.92 bits per heavy atom. The maximum absolute atomic E-state index is 11.7. The van der Waals surface area contributed by atoms with E-state index in [0.29, 0.717) is 17.8 Å². The van der Waals surface area contributed by atoms with Crippen LogP contribution >= 0.6 is 15.9 Å². The van der Waals surface area contributed by atoms with Crippen LogP contribution in [-0.2, 0) is 9.84 Å². The van der Waals surface area contributed by atoms with Gasteiger partial charge in [-0.25, -0.2) is 8.42 Å². The van der Waals surface area contributed by atoms with E-state index < -0.39 is 9.84 Å². The van der Waals surface area contributed by atoms with Crippen molar-refractivity contribution in [3.63, 3.8) is 0 Å². The molecule has 3 aliphatic rings. The zero-order valence-corrected chi connectivity index (χ0v) is 9.07. The topological polar surface area (TPSA) is 34.1 Å². The average Bonchev–Trinajstić information content (AvgIpc) is 2.93. The van der Waals surface area contributed by atoms with Crippen LogP contribution in [0.3, 0.4) is 0 Å². The quantitative estimate of drug-likeness (QED) is 0.698. The van der Waals surface area contributed by atoms with Gasteiger partial charge in [-0.05, 0) is 30.6 Å². The highest BCUT2D eigenvalue weighted by Gasteiger charge is 2.92. The van der Waals surface area contributed by atoms with Gasteiger partial charge in [-0.15, -0.1) is 0 Å². The van der Waals surface area contributed by atoms with E-state index in [1.54, 1.807) is 0 Å². The Bertz CT molecular complexity index is 313. The average molecular weight is 251 g/mol. The van der Waals surface area contributed by atoms with Crippen molar-refractivity contribution in [1.82, 2.24) is 0 Å². The third kappa shape index (κ3) is 0.567. The molecule has 0 saturated heterocycles. The van der Waals surface area contributed by atoms with Crippen molar-refractivity contribution < 1.29 is 8.42 Å². The zero-order valence-electron chi connectivity index (χ0n) is 6.66. The van der Waals surface area contributed by atoms with Gasteiger partial charge in [0, 0.05) is 0 Å². The molecular weight excluding hydrogens is 240 g/mol. The molecule has 2 atom stereocenters. The van der Waals surface area contributed by atoms with Crippen molar-refractivity contribution in [2.75, 3.05) is 4.66 Å². The molecule has 2 unspecified atom stereocenters. The molecule has 0 aromatic rings. The highest BCUT2D eigenvalue weighted by atomic mass is 79.9. The Morgan fingerprint density at radius 3 is 2.33 bits per heavy atom. The predicted octanol–water partition coefficient (Wildman–Crippen LogP) is 1.55. The second kappa shape index (κ2) is 1.92. The molecule has 0 N–H and O–H groups in total. The van der Waals surface area contributed by atoms with Crippen LogP contribution in [0.1, 0.15) is 19.3 Å². The molecule has 0 aromatic heterocycles. The summed E-state index contributed by atoms with van der Waals surface area (Å²) in [4.78, 5) is 0. The van der Waals surface area contributed by atoms with E-state index >= 15 is 0 Å². The van der Waals surface area contributed by atoms with E-state index in [-0.39, 0.29) is 9.41 Å². The molecule has 4 heteroatoms. The fraction of sp³-hybridized carbons (Fsp3) is 1.00. The molecule has 0 bridgehead atoms. The van der Waals surface area contributed by atoms with Crippen LogP contribution < -0.4 is 0 Å². The predicted molar refractivity (Wildman–Crippen MR) is 49.8 cm³/mol. The number of alkyl halides is 1. The molecule has 0 radical (unpaired) electrons. The van der Waals surface area contributed by atoms with Gasteiger partial charge in [-0.1, -0.05) is 22.4 Å². The van der Waals surface area contributed by atoms with Crippen LogP contribution in [0.5, 0.6) is 0 Å². The maximum Gasteiger partial charge on any atom is 0.166 e. The summed E-state index contributed by atoms with van der Waals surface area (Å²) in [5.74, 6) is 1.69. The lowest BCUT2D eigenvalue weighted by molar-refractivity contribution is 0.343. The number of rotatable bonds is 2. The Hall–Kier alpha value is 0.430. The van der Waals surface area contributed by atoms with Gasteiger partial charge in [-0.2, -0.15) is 0 Å². The minimum atomic E-state index is -2.79. The van der Waals surface area contributed by atoms with Crippen molar-refractivity contribution in [1.29, 1.82) is 0 Å². The summed E-state index contributed by atoms with van der Waals surface area (Å²) in [6, 6.07) is 0. The van der Waals surface area contributed by atoms with E-state index in [0.717, 1.165) is 12.8 Å². The second-order valence-electron chi connectivity index (χ2n) is 4.25. The second-order valence-corrected chi connectivity index (χ2v) is 7.78. The van der Waals surface area contributed by atoms with Crippen molar-refractivity contribution in [3.8, 4) is 0 Å². The van der Waals surface area contributed by atoms with Crippen LogP contribution in [0.25, 0.3) is 0 Å². The fourth-order valence-electron chi connectivity index (χ4n) is 3.54. The van der Waals surface area contributed by atoms with Gasteiger partial charge in [0.1, 0.15) is 4.66 Å². The molecule has 68 valence electrons. The molecule has 0 spiro atoms. The largest absolute Gasteiger partial charge is 0.227 e. The van der Waals surface area contributed by atoms with Gasteiger partial charge in [0.05, 0.1) is 4.75 Å². The number of fused-ring (bicyclic) bond motifs is 2. The smallest absolute Gasteiger partial charge is 0.166 e. The monoisotopic (exact) mass is 250 g/mol. The fourth-order valence-corrected chi connectivity index (χ4v) is 6.97. The zero-order chi connectivity index (χ0) is 8.56. The minimum absolute atomic E-state index is 0.170. The van der Waals surface area contributed by atoms with Crippen molar-refractivity contribution in [2.24, 2.45) is 17.8 Å². The number of hydrogen-bond donors (Lipinski definition) is 0. The molecule has 0 aromatic carbocycles. The maximum atomic E-state index is 11.7. The summed E-state index contributed by atoms with van der Waals surface area (Å²) in [7, 11) is -2.79. The van der Waals surface area contributed by atoms with Crippen LogP contribution in [0.4, 0.5) is 0 Å². The van der Waals surface area contributed by atoms with Gasteiger partial charge >= 0.3 is 0 Å². The van der Waals surface area contributed by atoms with Gasteiger partial charge in [0.2, 0.25) is 0 Å². The third-order valence-corrected chi connectivity index (χ3v) is 8.09. The summed E-state index contributed by atoms with van der Waals surface area (Å²) in [5, 5.41) is 0. The Balaban J connectivity index is 1.98. The Labute approximate surface area is 80.8 Å². The molecule has 12 heavy (non-hydrogen) atoms. The van der Waals surface area contributed by atoms with Gasteiger partial charge < -0.3 is 0 Å². The minimum Gasteiger partial charge on any atom is -0.227 e. The first-order valence-corrected chi connectivity index (χ1v) is 7.22. The normalized spacial score (nSPS) is 54.6. The molecule has 3 fully saturated rings. The van der Waals surface area contributed by atoms with Gasteiger partial charge in [0.15, 0.2) is 9.84 Å². The molecule has 3 saturated carbocycles. The van der Waals surface area contributed by atoms with Crippen molar-refractivity contribution in [3.05, 3.63) is 0 Å². The van der Waals surface area contributed by atoms with E-state index in [4.69, 9.17) is 0 Å². The van der Waals surface area contributed by atoms with Crippen LogP contribution in [0.2, 0.25) is 0 Å². The number of sulfone groups is 1. The van der Waals surface area contributed by atoms with Crippen LogP contribution in [-0.4, -0.2) is 17.8 Å². The van der Waals surface area contributed by atoms with Crippen molar-refractivity contribution >= 4 is 25.8 Å². The highest BCUT2D eigenvalue weighted by molar-refractivity contribution is 9.10. The number of halogens is 1. The standard InChI is InChI=1S/C8H11BrO2S/c9-4-12(10,11)8-5-2-1-3-6(8)7(5)8/h5-7H,1-4H2. The Morgan fingerprint density at radius 1 is 1.33 bits per heavy atom. The first-order valence-electron chi connectivity index (χ1n) is 4.44. The summed E-state index contributed by atoms with van der Waals surface area (Å²) in [5.41, 5.74) is 0. The lowest BCUT2D eigenvalue weighted by Gasteiger charge is -2.23. The van der Waals surface area contributed by atoms with E-state index in [1.165, 1.54) is 6.42 Å². The summed E-state index contributed by atoms with van der Waals surface area (Å²) >= 11 is 3.09. The van der Waals surface area contributed by atoms with Crippen molar-refractivity contribution in [2.45, 2.75) is 24.0 Å². The lowest BCUT2D eigenvalue weighted by Crippen LogP contribution is -2.28. The highest BCUT2D eigenvalue weighted by Crippen LogP contribution is 2.85. The molecule has 2 nitrogen and oxygen atoms in total. The summed E-state index contributed by atoms with van der Waals surface area (Å²) < 4.78 is 23.4. The molecule has 0 amide bonds. The SMILES string of the molecule is O=S(=O)(CBr)C12C3CCCC1C32. The first-order chi connectivity index (χ1) is 5.66. The van der Waals surface area contributed by atoms with Crippen LogP contribution in [0, 0.1) is 17.8 Å². The van der Waals surface area contributed by atoms with E-state index in [9.17, 15) is 8.42 Å². The lowest BCUT2D eigenvalue weighted by atomic mass is 9.88. The van der Waals surface area contributed by atoms with Gasteiger partial charge in [-0.3, -0.25) is 0 Å². The summed E-state index contributed by atoms with van der Waals surface area (Å²) in [6.07, 6.45) is 3.58. The third-order valence-electron chi connectivity index (χ3n) is 4.04. The van der Waals surface area contributed by atoms with Crippen LogP contribution in [0.15, 0.2) is 0 Å².